The smallest absolute Gasteiger partial charge is 0.228 e. The van der Waals surface area contributed by atoms with E-state index in [1.165, 1.54) is 0 Å². The summed E-state index contributed by atoms with van der Waals surface area (Å²) in [5.41, 5.74) is 1.10. The molecule has 0 unspecified atom stereocenters. The third-order valence-electron chi connectivity index (χ3n) is 2.59. The lowest BCUT2D eigenvalue weighted by Crippen LogP contribution is -1.97. The first-order chi connectivity index (χ1) is 8.65. The van der Waals surface area contributed by atoms with E-state index in [-0.39, 0.29) is 0 Å². The van der Waals surface area contributed by atoms with E-state index in [1.807, 2.05) is 12.1 Å². The SMILES string of the molecule is COc1cccc(Oc2c(C=O)c(C)nn2C)c1. The van der Waals surface area contributed by atoms with Crippen molar-refractivity contribution in [1.82, 2.24) is 9.78 Å². The summed E-state index contributed by atoms with van der Waals surface area (Å²) in [6.07, 6.45) is 0.748. The molecule has 0 spiro atoms. The van der Waals surface area contributed by atoms with Crippen molar-refractivity contribution in [3.8, 4) is 17.4 Å². The van der Waals surface area contributed by atoms with Gasteiger partial charge in [-0.1, -0.05) is 6.07 Å². The molecule has 1 heterocycles. The minimum atomic E-state index is 0.427. The first-order valence-electron chi connectivity index (χ1n) is 5.46. The van der Waals surface area contributed by atoms with E-state index in [0.29, 0.717) is 28.6 Å². The Labute approximate surface area is 105 Å². The topological polar surface area (TPSA) is 53.4 Å². The Morgan fingerprint density at radius 3 is 2.72 bits per heavy atom. The van der Waals surface area contributed by atoms with Crippen LogP contribution in [0.4, 0.5) is 0 Å². The van der Waals surface area contributed by atoms with Crippen LogP contribution in [0.5, 0.6) is 17.4 Å². The van der Waals surface area contributed by atoms with E-state index in [4.69, 9.17) is 9.47 Å². The normalized spacial score (nSPS) is 10.2. The molecule has 0 atom stereocenters. The predicted molar refractivity (Wildman–Crippen MR) is 66.4 cm³/mol. The number of hydrogen-bond acceptors (Lipinski definition) is 4. The molecule has 0 bridgehead atoms. The number of carbonyl (C=O) groups excluding carboxylic acids is 1. The maximum atomic E-state index is 11.0. The Hall–Kier alpha value is -2.30. The Bertz CT molecular complexity index is 576. The zero-order valence-corrected chi connectivity index (χ0v) is 10.5. The minimum Gasteiger partial charge on any atom is -0.497 e. The van der Waals surface area contributed by atoms with E-state index >= 15 is 0 Å². The van der Waals surface area contributed by atoms with Crippen molar-refractivity contribution >= 4 is 6.29 Å². The third-order valence-corrected chi connectivity index (χ3v) is 2.59. The van der Waals surface area contributed by atoms with Gasteiger partial charge in [-0.05, 0) is 19.1 Å². The molecule has 0 N–H and O–H groups in total. The Morgan fingerprint density at radius 1 is 1.33 bits per heavy atom. The van der Waals surface area contributed by atoms with Gasteiger partial charge in [0.1, 0.15) is 11.5 Å². The minimum absolute atomic E-state index is 0.427. The second-order valence-corrected chi connectivity index (χ2v) is 3.83. The monoisotopic (exact) mass is 246 g/mol. The fraction of sp³-hybridized carbons (Fsp3) is 0.231. The molecule has 0 aliphatic rings. The first-order valence-corrected chi connectivity index (χ1v) is 5.46. The summed E-state index contributed by atoms with van der Waals surface area (Å²) in [5.74, 6) is 1.72. The second-order valence-electron chi connectivity index (χ2n) is 3.83. The highest BCUT2D eigenvalue weighted by Crippen LogP contribution is 2.28. The van der Waals surface area contributed by atoms with Crippen LogP contribution in [0.2, 0.25) is 0 Å². The molecule has 94 valence electrons. The summed E-state index contributed by atoms with van der Waals surface area (Å²) >= 11 is 0. The number of hydrogen-bond donors (Lipinski definition) is 0. The van der Waals surface area contributed by atoms with Gasteiger partial charge >= 0.3 is 0 Å². The Morgan fingerprint density at radius 2 is 2.06 bits per heavy atom. The molecular weight excluding hydrogens is 232 g/mol. The highest BCUT2D eigenvalue weighted by Gasteiger charge is 2.14. The quantitative estimate of drug-likeness (QED) is 0.777. The maximum absolute atomic E-state index is 11.0. The van der Waals surface area contributed by atoms with Crippen molar-refractivity contribution < 1.29 is 14.3 Å². The number of aromatic nitrogens is 2. The van der Waals surface area contributed by atoms with Gasteiger partial charge in [-0.15, -0.1) is 0 Å². The van der Waals surface area contributed by atoms with Gasteiger partial charge in [-0.3, -0.25) is 4.79 Å². The average Bonchev–Trinajstić information content (AvgIpc) is 2.64. The van der Waals surface area contributed by atoms with Crippen LogP contribution in [0.15, 0.2) is 24.3 Å². The largest absolute Gasteiger partial charge is 0.497 e. The molecule has 0 radical (unpaired) electrons. The molecular formula is C13H14N2O3. The molecule has 0 saturated carbocycles. The number of methoxy groups -OCH3 is 1. The van der Waals surface area contributed by atoms with Crippen molar-refractivity contribution in [2.45, 2.75) is 6.92 Å². The second kappa shape index (κ2) is 4.91. The molecule has 2 rings (SSSR count). The van der Waals surface area contributed by atoms with E-state index in [9.17, 15) is 4.79 Å². The van der Waals surface area contributed by atoms with E-state index in [2.05, 4.69) is 5.10 Å². The van der Waals surface area contributed by atoms with Gasteiger partial charge in [0.15, 0.2) is 6.29 Å². The number of nitrogens with zero attached hydrogens (tertiary/aromatic N) is 2. The molecule has 0 amide bonds. The Balaban J connectivity index is 2.36. The van der Waals surface area contributed by atoms with Gasteiger partial charge in [-0.2, -0.15) is 5.10 Å². The van der Waals surface area contributed by atoms with Crippen molar-refractivity contribution in [2.75, 3.05) is 7.11 Å². The molecule has 2 aromatic rings. The maximum Gasteiger partial charge on any atom is 0.228 e. The summed E-state index contributed by atoms with van der Waals surface area (Å²) in [6, 6.07) is 7.18. The zero-order valence-electron chi connectivity index (χ0n) is 10.5. The van der Waals surface area contributed by atoms with Crippen molar-refractivity contribution in [2.24, 2.45) is 7.05 Å². The van der Waals surface area contributed by atoms with E-state index in [1.54, 1.807) is 37.9 Å². The number of ether oxygens (including phenoxy) is 2. The summed E-state index contributed by atoms with van der Waals surface area (Å²) in [6.45, 7) is 1.77. The average molecular weight is 246 g/mol. The highest BCUT2D eigenvalue weighted by molar-refractivity contribution is 5.80. The van der Waals surface area contributed by atoms with E-state index in [0.717, 1.165) is 6.29 Å². The standard InChI is InChI=1S/C13H14N2O3/c1-9-12(8-16)13(15(2)14-9)18-11-6-4-5-10(7-11)17-3/h4-8H,1-3H3. The van der Waals surface area contributed by atoms with Gasteiger partial charge in [0.05, 0.1) is 18.4 Å². The van der Waals surface area contributed by atoms with Crippen LogP contribution in [0, 0.1) is 6.92 Å². The summed E-state index contributed by atoms with van der Waals surface area (Å²) in [4.78, 5) is 11.0. The zero-order chi connectivity index (χ0) is 13.1. The molecule has 0 fully saturated rings. The fourth-order valence-corrected chi connectivity index (χ4v) is 1.69. The molecule has 5 nitrogen and oxygen atoms in total. The number of carbonyl (C=O) groups is 1. The van der Waals surface area contributed by atoms with Crippen LogP contribution >= 0.6 is 0 Å². The number of benzene rings is 1. The van der Waals surface area contributed by atoms with Gasteiger partial charge in [-0.25, -0.2) is 4.68 Å². The molecule has 0 aliphatic heterocycles. The number of aldehydes is 1. The number of rotatable bonds is 4. The lowest BCUT2D eigenvalue weighted by Gasteiger charge is -2.07. The van der Waals surface area contributed by atoms with Crippen LogP contribution < -0.4 is 9.47 Å². The van der Waals surface area contributed by atoms with Crippen molar-refractivity contribution in [1.29, 1.82) is 0 Å². The molecule has 0 aliphatic carbocycles. The Kier molecular flexibility index (Phi) is 3.32. The molecule has 0 saturated heterocycles. The summed E-state index contributed by atoms with van der Waals surface area (Å²) in [5, 5.41) is 4.15. The van der Waals surface area contributed by atoms with Gasteiger partial charge in [0.25, 0.3) is 0 Å². The summed E-state index contributed by atoms with van der Waals surface area (Å²) < 4.78 is 12.3. The van der Waals surface area contributed by atoms with Crippen LogP contribution in [0.1, 0.15) is 16.1 Å². The van der Waals surface area contributed by atoms with E-state index < -0.39 is 0 Å². The predicted octanol–water partition coefficient (Wildman–Crippen LogP) is 2.34. The van der Waals surface area contributed by atoms with Crippen LogP contribution in [-0.2, 0) is 7.05 Å². The third kappa shape index (κ3) is 2.20. The summed E-state index contributed by atoms with van der Waals surface area (Å²) in [7, 11) is 3.32. The molecule has 1 aromatic heterocycles. The van der Waals surface area contributed by atoms with Gasteiger partial charge in [0, 0.05) is 13.1 Å². The highest BCUT2D eigenvalue weighted by atomic mass is 16.5. The lowest BCUT2D eigenvalue weighted by molar-refractivity contribution is 0.112. The van der Waals surface area contributed by atoms with Crippen molar-refractivity contribution in [3.63, 3.8) is 0 Å². The molecule has 1 aromatic carbocycles. The fourth-order valence-electron chi connectivity index (χ4n) is 1.69. The van der Waals surface area contributed by atoms with Crippen LogP contribution in [-0.4, -0.2) is 23.2 Å². The van der Waals surface area contributed by atoms with Gasteiger partial charge in [0.2, 0.25) is 5.88 Å². The first kappa shape index (κ1) is 12.2. The number of aryl methyl sites for hydroxylation is 2. The lowest BCUT2D eigenvalue weighted by atomic mass is 10.3. The molecule has 18 heavy (non-hydrogen) atoms. The van der Waals surface area contributed by atoms with Crippen LogP contribution in [0.3, 0.4) is 0 Å². The van der Waals surface area contributed by atoms with Crippen LogP contribution in [0.25, 0.3) is 0 Å². The van der Waals surface area contributed by atoms with Gasteiger partial charge < -0.3 is 9.47 Å². The van der Waals surface area contributed by atoms with Crippen molar-refractivity contribution in [3.05, 3.63) is 35.5 Å². The molecule has 5 heteroatoms.